The Balaban J connectivity index is 2.19. The Morgan fingerprint density at radius 1 is 1.38 bits per heavy atom. The number of ether oxygens (including phenoxy) is 1. The van der Waals surface area contributed by atoms with Gasteiger partial charge in [-0.3, -0.25) is 4.79 Å². The van der Waals surface area contributed by atoms with E-state index in [1.54, 1.807) is 12.4 Å². The van der Waals surface area contributed by atoms with Crippen molar-refractivity contribution in [2.45, 2.75) is 58.1 Å². The first-order valence-electron chi connectivity index (χ1n) is 7.16. The number of hydrogen-bond donors (Lipinski definition) is 0. The van der Waals surface area contributed by atoms with E-state index in [0.29, 0.717) is 6.61 Å². The number of thiazole rings is 1. The Morgan fingerprint density at radius 2 is 2.00 bits per heavy atom. The van der Waals surface area contributed by atoms with E-state index in [1.807, 2.05) is 33.1 Å². The molecule has 116 valence electrons. The average Bonchev–Trinajstić information content (AvgIpc) is 2.94. The minimum Gasteiger partial charge on any atom is -0.466 e. The molecule has 0 radical (unpaired) electrons. The number of carbonyl (C=O) groups excluding carboxylic acids is 1. The van der Waals surface area contributed by atoms with Gasteiger partial charge in [-0.25, -0.2) is 4.98 Å². The summed E-state index contributed by atoms with van der Waals surface area (Å²) in [5.74, 6) is -0.512. The zero-order valence-electron chi connectivity index (χ0n) is 13.2. The molecule has 0 spiro atoms. The lowest BCUT2D eigenvalue weighted by atomic mass is 9.68. The van der Waals surface area contributed by atoms with Crippen LogP contribution in [-0.2, 0) is 18.8 Å². The molecule has 0 N–H and O–H groups in total. The Kier molecular flexibility index (Phi) is 4.75. The molecular weight excluding hydrogens is 289 g/mol. The molecule has 2 rings (SSSR count). The highest BCUT2D eigenvalue weighted by atomic mass is 32.1. The van der Waals surface area contributed by atoms with Gasteiger partial charge in [0.25, 0.3) is 0 Å². The summed E-state index contributed by atoms with van der Waals surface area (Å²) in [7, 11) is -0.499. The largest absolute Gasteiger partial charge is 0.468 e. The number of hydrogen-bond acceptors (Lipinski definition) is 6. The summed E-state index contributed by atoms with van der Waals surface area (Å²) < 4.78 is 17.2. The Bertz CT molecular complexity index is 473. The van der Waals surface area contributed by atoms with Crippen molar-refractivity contribution in [3.05, 3.63) is 16.6 Å². The number of aromatic nitrogens is 1. The van der Waals surface area contributed by atoms with Crippen molar-refractivity contribution in [1.29, 1.82) is 0 Å². The van der Waals surface area contributed by atoms with Crippen LogP contribution in [0.1, 0.15) is 52.6 Å². The van der Waals surface area contributed by atoms with Crippen molar-refractivity contribution in [3.8, 4) is 0 Å². The van der Waals surface area contributed by atoms with E-state index >= 15 is 0 Å². The van der Waals surface area contributed by atoms with Crippen molar-refractivity contribution < 1.29 is 18.8 Å². The minimum absolute atomic E-state index is 0.203. The van der Waals surface area contributed by atoms with Crippen LogP contribution in [0.25, 0.3) is 0 Å². The molecule has 0 saturated carbocycles. The Labute approximate surface area is 130 Å². The van der Waals surface area contributed by atoms with Crippen LogP contribution in [0, 0.1) is 0 Å². The molecule has 0 aliphatic carbocycles. The maximum absolute atomic E-state index is 11.9. The molecule has 1 aliphatic rings. The first kappa shape index (κ1) is 16.5. The van der Waals surface area contributed by atoms with E-state index in [4.69, 9.17) is 14.0 Å². The van der Waals surface area contributed by atoms with E-state index in [9.17, 15) is 4.79 Å². The highest BCUT2D eigenvalue weighted by Crippen LogP contribution is 2.41. The quantitative estimate of drug-likeness (QED) is 0.618. The fraction of sp³-hybridized carbons (Fsp3) is 0.714. The molecule has 7 heteroatoms. The maximum atomic E-state index is 11.9. The van der Waals surface area contributed by atoms with E-state index in [0.717, 1.165) is 5.69 Å². The van der Waals surface area contributed by atoms with Gasteiger partial charge in [-0.15, -0.1) is 11.3 Å². The summed E-state index contributed by atoms with van der Waals surface area (Å²) >= 11 is 1.49. The van der Waals surface area contributed by atoms with Gasteiger partial charge in [0.2, 0.25) is 0 Å². The van der Waals surface area contributed by atoms with Crippen molar-refractivity contribution in [2.75, 3.05) is 6.61 Å². The van der Waals surface area contributed by atoms with Crippen LogP contribution in [0.3, 0.4) is 0 Å². The zero-order valence-corrected chi connectivity index (χ0v) is 14.0. The van der Waals surface area contributed by atoms with Gasteiger partial charge in [-0.1, -0.05) is 0 Å². The number of nitrogens with zero attached hydrogens (tertiary/aromatic N) is 1. The molecule has 0 amide bonds. The van der Waals surface area contributed by atoms with Crippen LogP contribution in [0.4, 0.5) is 0 Å². The number of esters is 1. The van der Waals surface area contributed by atoms with Gasteiger partial charge in [-0.2, -0.15) is 0 Å². The van der Waals surface area contributed by atoms with Crippen LogP contribution in [0.15, 0.2) is 10.9 Å². The fourth-order valence-corrected chi connectivity index (χ4v) is 2.82. The van der Waals surface area contributed by atoms with Crippen molar-refractivity contribution in [1.82, 2.24) is 4.98 Å². The van der Waals surface area contributed by atoms with Gasteiger partial charge < -0.3 is 14.0 Å². The summed E-state index contributed by atoms with van der Waals surface area (Å²) in [5, 5.41) is 1.93. The smallest absolute Gasteiger partial charge is 0.466 e. The summed E-state index contributed by atoms with van der Waals surface area (Å²) in [5.41, 5.74) is 1.70. The summed E-state index contributed by atoms with van der Waals surface area (Å²) in [6.07, 6.45) is 0.203. The van der Waals surface area contributed by atoms with Crippen LogP contribution >= 0.6 is 11.3 Å². The van der Waals surface area contributed by atoms with Crippen LogP contribution in [-0.4, -0.2) is 35.9 Å². The van der Waals surface area contributed by atoms with Gasteiger partial charge in [0.05, 0.1) is 35.4 Å². The molecule has 1 unspecified atom stereocenters. The van der Waals surface area contributed by atoms with Crippen LogP contribution < -0.4 is 0 Å². The molecular formula is C14H22BNO4S. The third-order valence-corrected chi connectivity index (χ3v) is 4.73. The Hall–Kier alpha value is -0.915. The molecule has 1 fully saturated rings. The second-order valence-corrected chi connectivity index (χ2v) is 6.87. The van der Waals surface area contributed by atoms with Crippen LogP contribution in [0.5, 0.6) is 0 Å². The van der Waals surface area contributed by atoms with Gasteiger partial charge in [0.1, 0.15) is 0 Å². The zero-order chi connectivity index (χ0) is 15.7. The summed E-state index contributed by atoms with van der Waals surface area (Å²) in [4.78, 5) is 16.2. The molecule has 1 aliphatic heterocycles. The lowest BCUT2D eigenvalue weighted by Gasteiger charge is -2.32. The maximum Gasteiger partial charge on any atom is 0.468 e. The summed E-state index contributed by atoms with van der Waals surface area (Å²) in [6, 6.07) is 0. The van der Waals surface area contributed by atoms with Crippen molar-refractivity contribution >= 4 is 24.4 Å². The third kappa shape index (κ3) is 3.47. The standard InChI is InChI=1S/C14H22BNO4S/c1-6-18-12(17)7-10(11-8-21-9-16-11)15-19-13(2,3)14(4,5)20-15/h8-10H,6-7H2,1-5H3. The predicted molar refractivity (Wildman–Crippen MR) is 82.2 cm³/mol. The summed E-state index contributed by atoms with van der Waals surface area (Å²) in [6.45, 7) is 10.1. The lowest BCUT2D eigenvalue weighted by Crippen LogP contribution is -2.41. The molecule has 1 atom stereocenters. The number of carbonyl (C=O) groups is 1. The van der Waals surface area contributed by atoms with E-state index < -0.39 is 18.3 Å². The molecule has 1 aromatic rings. The topological polar surface area (TPSA) is 57.7 Å². The van der Waals surface area contributed by atoms with Gasteiger partial charge in [0.15, 0.2) is 0 Å². The molecule has 1 aromatic heterocycles. The third-order valence-electron chi connectivity index (χ3n) is 4.12. The van der Waals surface area contributed by atoms with Crippen LogP contribution in [0.2, 0.25) is 0 Å². The molecule has 0 bridgehead atoms. The molecule has 21 heavy (non-hydrogen) atoms. The Morgan fingerprint density at radius 3 is 2.48 bits per heavy atom. The molecule has 2 heterocycles. The lowest BCUT2D eigenvalue weighted by molar-refractivity contribution is -0.143. The molecule has 5 nitrogen and oxygen atoms in total. The SMILES string of the molecule is CCOC(=O)CC(B1OC(C)(C)C(C)(C)O1)c1cscn1. The van der Waals surface area contributed by atoms with Crippen molar-refractivity contribution in [2.24, 2.45) is 0 Å². The minimum atomic E-state index is -0.499. The van der Waals surface area contributed by atoms with Crippen molar-refractivity contribution in [3.63, 3.8) is 0 Å². The number of rotatable bonds is 5. The second-order valence-electron chi connectivity index (χ2n) is 6.15. The molecule has 0 aromatic carbocycles. The normalized spacial score (nSPS) is 21.3. The van der Waals surface area contributed by atoms with Gasteiger partial charge >= 0.3 is 13.1 Å². The molecule has 1 saturated heterocycles. The average molecular weight is 311 g/mol. The first-order valence-corrected chi connectivity index (χ1v) is 8.10. The second kappa shape index (κ2) is 6.06. The predicted octanol–water partition coefficient (Wildman–Crippen LogP) is 2.81. The highest BCUT2D eigenvalue weighted by molar-refractivity contribution is 7.07. The fourth-order valence-electron chi connectivity index (χ4n) is 2.20. The van der Waals surface area contributed by atoms with E-state index in [-0.39, 0.29) is 18.2 Å². The van der Waals surface area contributed by atoms with E-state index in [2.05, 4.69) is 4.98 Å². The highest BCUT2D eigenvalue weighted by Gasteiger charge is 2.54. The van der Waals surface area contributed by atoms with E-state index in [1.165, 1.54) is 11.3 Å². The first-order chi connectivity index (χ1) is 9.77. The van der Waals surface area contributed by atoms with Gasteiger partial charge in [0, 0.05) is 11.2 Å². The van der Waals surface area contributed by atoms with Gasteiger partial charge in [-0.05, 0) is 34.6 Å². The monoisotopic (exact) mass is 311 g/mol.